The minimum atomic E-state index is -0.233. The molecule has 0 radical (unpaired) electrons. The zero-order valence-electron chi connectivity index (χ0n) is 12.6. The quantitative estimate of drug-likeness (QED) is 0.815. The Kier molecular flexibility index (Phi) is 4.99. The van der Waals surface area contributed by atoms with Crippen molar-refractivity contribution in [3.05, 3.63) is 59.7 Å². The lowest BCUT2D eigenvalue weighted by Gasteiger charge is -2.15. The third-order valence-corrected chi connectivity index (χ3v) is 3.60. The second-order valence-corrected chi connectivity index (χ2v) is 5.29. The second kappa shape index (κ2) is 6.93. The van der Waals surface area contributed by atoms with Crippen molar-refractivity contribution < 1.29 is 4.79 Å². The molecule has 1 unspecified atom stereocenters. The predicted molar refractivity (Wildman–Crippen MR) is 88.3 cm³/mol. The van der Waals surface area contributed by atoms with Gasteiger partial charge in [-0.15, -0.1) is 0 Å². The molecule has 2 rings (SSSR count). The van der Waals surface area contributed by atoms with Crippen LogP contribution in [0.5, 0.6) is 0 Å². The van der Waals surface area contributed by atoms with Gasteiger partial charge in [-0.2, -0.15) is 0 Å². The van der Waals surface area contributed by atoms with E-state index in [0.717, 1.165) is 24.1 Å². The predicted octanol–water partition coefficient (Wildman–Crippen LogP) is 3.96. The SMILES string of the molecule is CCCc1ccccc1NC(=O)C(C)c1cccc(N)c1. The van der Waals surface area contributed by atoms with E-state index in [0.29, 0.717) is 5.69 Å². The second-order valence-electron chi connectivity index (χ2n) is 5.29. The number of rotatable bonds is 5. The highest BCUT2D eigenvalue weighted by atomic mass is 16.1. The fourth-order valence-electron chi connectivity index (χ4n) is 2.35. The number of nitrogens with one attached hydrogen (secondary N) is 1. The number of nitrogen functional groups attached to an aromatic ring is 1. The molecule has 0 aliphatic rings. The third kappa shape index (κ3) is 3.85. The maximum absolute atomic E-state index is 12.4. The van der Waals surface area contributed by atoms with Gasteiger partial charge in [0, 0.05) is 11.4 Å². The summed E-state index contributed by atoms with van der Waals surface area (Å²) in [6.45, 7) is 4.03. The Hall–Kier alpha value is -2.29. The lowest BCUT2D eigenvalue weighted by molar-refractivity contribution is -0.117. The number of anilines is 2. The van der Waals surface area contributed by atoms with Gasteiger partial charge < -0.3 is 11.1 Å². The molecular formula is C18H22N2O. The molecule has 3 nitrogen and oxygen atoms in total. The maximum atomic E-state index is 12.4. The van der Waals surface area contributed by atoms with Gasteiger partial charge in [-0.25, -0.2) is 0 Å². The molecule has 1 atom stereocenters. The summed E-state index contributed by atoms with van der Waals surface area (Å²) in [5.74, 6) is -0.243. The van der Waals surface area contributed by atoms with Crippen LogP contribution in [0.1, 0.15) is 37.3 Å². The van der Waals surface area contributed by atoms with E-state index in [1.165, 1.54) is 5.56 Å². The minimum Gasteiger partial charge on any atom is -0.399 e. The van der Waals surface area contributed by atoms with Crippen LogP contribution in [0.25, 0.3) is 0 Å². The Labute approximate surface area is 126 Å². The average molecular weight is 282 g/mol. The van der Waals surface area contributed by atoms with Crippen LogP contribution in [0.2, 0.25) is 0 Å². The van der Waals surface area contributed by atoms with Crippen molar-refractivity contribution in [1.82, 2.24) is 0 Å². The van der Waals surface area contributed by atoms with E-state index >= 15 is 0 Å². The van der Waals surface area contributed by atoms with Gasteiger partial charge in [0.2, 0.25) is 5.91 Å². The maximum Gasteiger partial charge on any atom is 0.231 e. The Morgan fingerprint density at radius 3 is 2.67 bits per heavy atom. The van der Waals surface area contributed by atoms with Crippen LogP contribution < -0.4 is 11.1 Å². The highest BCUT2D eigenvalue weighted by Gasteiger charge is 2.16. The molecule has 0 aliphatic carbocycles. The van der Waals surface area contributed by atoms with Gasteiger partial charge in [0.15, 0.2) is 0 Å². The summed E-state index contributed by atoms with van der Waals surface area (Å²) in [7, 11) is 0. The zero-order chi connectivity index (χ0) is 15.2. The zero-order valence-corrected chi connectivity index (χ0v) is 12.6. The summed E-state index contributed by atoms with van der Waals surface area (Å²) in [5.41, 5.74) is 9.47. The summed E-state index contributed by atoms with van der Waals surface area (Å²) < 4.78 is 0. The first-order chi connectivity index (χ1) is 10.1. The van der Waals surface area contributed by atoms with Crippen molar-refractivity contribution in [2.45, 2.75) is 32.6 Å². The number of aryl methyl sites for hydroxylation is 1. The monoisotopic (exact) mass is 282 g/mol. The fourth-order valence-corrected chi connectivity index (χ4v) is 2.35. The van der Waals surface area contributed by atoms with Gasteiger partial charge in [0.05, 0.1) is 5.92 Å². The van der Waals surface area contributed by atoms with Crippen molar-refractivity contribution in [2.24, 2.45) is 0 Å². The van der Waals surface area contributed by atoms with Crippen LogP contribution in [-0.4, -0.2) is 5.91 Å². The molecular weight excluding hydrogens is 260 g/mol. The van der Waals surface area contributed by atoms with Crippen LogP contribution >= 0.6 is 0 Å². The largest absolute Gasteiger partial charge is 0.399 e. The summed E-state index contributed by atoms with van der Waals surface area (Å²) in [4.78, 5) is 12.4. The lowest BCUT2D eigenvalue weighted by atomic mass is 9.99. The Morgan fingerprint density at radius 1 is 1.19 bits per heavy atom. The number of hydrogen-bond donors (Lipinski definition) is 2. The topological polar surface area (TPSA) is 55.1 Å². The molecule has 2 aromatic carbocycles. The Balaban J connectivity index is 2.14. The molecule has 3 heteroatoms. The minimum absolute atomic E-state index is 0.0100. The van der Waals surface area contributed by atoms with Gasteiger partial charge >= 0.3 is 0 Å². The molecule has 0 spiro atoms. The number of hydrogen-bond acceptors (Lipinski definition) is 2. The third-order valence-electron chi connectivity index (χ3n) is 3.60. The van der Waals surface area contributed by atoms with Crippen molar-refractivity contribution in [1.29, 1.82) is 0 Å². The molecule has 0 fully saturated rings. The van der Waals surface area contributed by atoms with Crippen molar-refractivity contribution in [3.8, 4) is 0 Å². The summed E-state index contributed by atoms with van der Waals surface area (Å²) in [6, 6.07) is 15.4. The van der Waals surface area contributed by atoms with Crippen LogP contribution in [0.3, 0.4) is 0 Å². The molecule has 110 valence electrons. The van der Waals surface area contributed by atoms with Crippen molar-refractivity contribution in [3.63, 3.8) is 0 Å². The van der Waals surface area contributed by atoms with E-state index in [4.69, 9.17) is 5.73 Å². The molecule has 0 heterocycles. The van der Waals surface area contributed by atoms with Gasteiger partial charge in [0.25, 0.3) is 0 Å². The normalized spacial score (nSPS) is 11.9. The first-order valence-corrected chi connectivity index (χ1v) is 7.36. The number of carbonyl (C=O) groups is 1. The number of nitrogens with two attached hydrogens (primary N) is 1. The number of para-hydroxylation sites is 1. The van der Waals surface area contributed by atoms with E-state index in [2.05, 4.69) is 18.3 Å². The van der Waals surface area contributed by atoms with E-state index in [1.807, 2.05) is 49.4 Å². The lowest BCUT2D eigenvalue weighted by Crippen LogP contribution is -2.19. The number of amides is 1. The van der Waals surface area contributed by atoms with Crippen molar-refractivity contribution in [2.75, 3.05) is 11.1 Å². The molecule has 2 aromatic rings. The molecule has 21 heavy (non-hydrogen) atoms. The van der Waals surface area contributed by atoms with Crippen LogP contribution in [0, 0.1) is 0 Å². The number of benzene rings is 2. The number of carbonyl (C=O) groups excluding carboxylic acids is 1. The molecule has 3 N–H and O–H groups in total. The molecule has 0 aliphatic heterocycles. The summed E-state index contributed by atoms with van der Waals surface area (Å²) in [5, 5.41) is 3.03. The van der Waals surface area contributed by atoms with Crippen molar-refractivity contribution >= 4 is 17.3 Å². The first-order valence-electron chi connectivity index (χ1n) is 7.36. The van der Waals surface area contributed by atoms with Crippen LogP contribution in [0.4, 0.5) is 11.4 Å². The van der Waals surface area contributed by atoms with E-state index in [9.17, 15) is 4.79 Å². The van der Waals surface area contributed by atoms with Crippen LogP contribution in [-0.2, 0) is 11.2 Å². The van der Waals surface area contributed by atoms with Gasteiger partial charge in [-0.1, -0.05) is 43.7 Å². The van der Waals surface area contributed by atoms with Gasteiger partial charge in [-0.3, -0.25) is 4.79 Å². The fraction of sp³-hybridized carbons (Fsp3) is 0.278. The Bertz CT molecular complexity index is 622. The Morgan fingerprint density at radius 2 is 1.95 bits per heavy atom. The standard InChI is InChI=1S/C18H22N2O/c1-3-7-14-8-4-5-11-17(14)20-18(21)13(2)15-9-6-10-16(19)12-15/h4-6,8-13H,3,7,19H2,1-2H3,(H,20,21). The molecule has 0 bridgehead atoms. The highest BCUT2D eigenvalue weighted by Crippen LogP contribution is 2.22. The van der Waals surface area contributed by atoms with E-state index in [1.54, 1.807) is 0 Å². The molecule has 0 saturated carbocycles. The average Bonchev–Trinajstić information content (AvgIpc) is 2.48. The smallest absolute Gasteiger partial charge is 0.231 e. The van der Waals surface area contributed by atoms with Gasteiger partial charge in [0.1, 0.15) is 0 Å². The summed E-state index contributed by atoms with van der Waals surface area (Å²) >= 11 is 0. The molecule has 0 aromatic heterocycles. The van der Waals surface area contributed by atoms with E-state index < -0.39 is 0 Å². The molecule has 1 amide bonds. The van der Waals surface area contributed by atoms with Gasteiger partial charge in [-0.05, 0) is 42.7 Å². The first kappa shape index (κ1) is 15.1. The molecule has 0 saturated heterocycles. The highest BCUT2D eigenvalue weighted by molar-refractivity contribution is 5.96. The van der Waals surface area contributed by atoms with E-state index in [-0.39, 0.29) is 11.8 Å². The van der Waals surface area contributed by atoms with Crippen LogP contribution in [0.15, 0.2) is 48.5 Å². The summed E-state index contributed by atoms with van der Waals surface area (Å²) in [6.07, 6.45) is 2.01.